The zero-order valence-corrected chi connectivity index (χ0v) is 17.6. The second-order valence-electron chi connectivity index (χ2n) is 7.38. The lowest BCUT2D eigenvalue weighted by molar-refractivity contribution is -0.118. The number of aromatic nitrogens is 1. The van der Waals surface area contributed by atoms with Crippen molar-refractivity contribution in [2.24, 2.45) is 5.92 Å². The Balaban J connectivity index is 1.77. The maximum atomic E-state index is 13.7. The molecule has 1 fully saturated rings. The molecule has 3 rings (SSSR count). The van der Waals surface area contributed by atoms with E-state index in [0.717, 1.165) is 43.1 Å². The van der Waals surface area contributed by atoms with Gasteiger partial charge in [0.1, 0.15) is 11.9 Å². The largest absolute Gasteiger partial charge is 0.387 e. The Labute approximate surface area is 178 Å². The van der Waals surface area contributed by atoms with Crippen LogP contribution in [0.1, 0.15) is 58.6 Å². The summed E-state index contributed by atoms with van der Waals surface area (Å²) in [4.78, 5) is 41.1. The number of hydrogen-bond acceptors (Lipinski definition) is 6. The first-order chi connectivity index (χ1) is 14.5. The van der Waals surface area contributed by atoms with Gasteiger partial charge in [0.05, 0.1) is 16.6 Å². The van der Waals surface area contributed by atoms with E-state index in [9.17, 15) is 18.8 Å². The Bertz CT molecular complexity index is 911. The van der Waals surface area contributed by atoms with E-state index < -0.39 is 23.7 Å². The van der Waals surface area contributed by atoms with Gasteiger partial charge in [0.2, 0.25) is 5.91 Å². The van der Waals surface area contributed by atoms with Crippen molar-refractivity contribution in [1.82, 2.24) is 10.3 Å². The monoisotopic (exact) mass is 432 g/mol. The van der Waals surface area contributed by atoms with Crippen molar-refractivity contribution < 1.29 is 18.8 Å². The van der Waals surface area contributed by atoms with Crippen LogP contribution in [0.3, 0.4) is 0 Å². The van der Waals surface area contributed by atoms with Gasteiger partial charge in [0.15, 0.2) is 11.4 Å². The third kappa shape index (κ3) is 5.63. The molecule has 0 saturated heterocycles. The zero-order valence-electron chi connectivity index (χ0n) is 16.7. The van der Waals surface area contributed by atoms with Crippen LogP contribution in [-0.4, -0.2) is 36.2 Å². The number of hydrogen-bond donors (Lipinski definition) is 3. The molecule has 0 bridgehead atoms. The van der Waals surface area contributed by atoms with Gasteiger partial charge in [-0.25, -0.2) is 9.37 Å². The van der Waals surface area contributed by atoms with Crippen molar-refractivity contribution in [3.8, 4) is 0 Å². The molecule has 1 saturated carbocycles. The molecule has 9 heteroatoms. The quantitative estimate of drug-likeness (QED) is 0.550. The average Bonchev–Trinajstić information content (AvgIpc) is 3.21. The van der Waals surface area contributed by atoms with E-state index in [0.29, 0.717) is 34.3 Å². The molecule has 1 unspecified atom stereocenters. The number of amides is 2. The predicted octanol–water partition coefficient (Wildman–Crippen LogP) is 3.84. The van der Waals surface area contributed by atoms with Gasteiger partial charge in [-0.1, -0.05) is 43.4 Å². The Hall–Kier alpha value is -2.81. The van der Waals surface area contributed by atoms with Crippen LogP contribution in [0.15, 0.2) is 24.4 Å². The molecule has 2 aromatic rings. The summed E-state index contributed by atoms with van der Waals surface area (Å²) >= 11 is 1.06. The molecule has 0 radical (unpaired) electrons. The van der Waals surface area contributed by atoms with E-state index in [1.165, 1.54) is 24.8 Å². The second-order valence-corrected chi connectivity index (χ2v) is 8.44. The third-order valence-electron chi connectivity index (χ3n) is 5.28. The van der Waals surface area contributed by atoms with Crippen LogP contribution < -0.4 is 16.0 Å². The van der Waals surface area contributed by atoms with E-state index in [-0.39, 0.29) is 5.56 Å². The normalized spacial score (nSPS) is 15.3. The van der Waals surface area contributed by atoms with Gasteiger partial charge < -0.3 is 16.0 Å². The summed E-state index contributed by atoms with van der Waals surface area (Å²) in [6, 6.07) is 3.10. The fourth-order valence-corrected chi connectivity index (χ4v) is 4.37. The molecule has 1 aromatic heterocycles. The Morgan fingerprint density at radius 3 is 2.73 bits per heavy atom. The highest BCUT2D eigenvalue weighted by Crippen LogP contribution is 2.28. The van der Waals surface area contributed by atoms with Gasteiger partial charge in [-0.2, -0.15) is 0 Å². The maximum absolute atomic E-state index is 13.7. The molecular formula is C21H25FN4O3S. The molecule has 1 aromatic carbocycles. The molecule has 2 amide bonds. The molecular weight excluding hydrogens is 407 g/mol. The number of halogens is 1. The Morgan fingerprint density at radius 1 is 1.30 bits per heavy atom. The molecule has 0 spiro atoms. The van der Waals surface area contributed by atoms with Gasteiger partial charge >= 0.3 is 0 Å². The minimum absolute atomic E-state index is 0.136. The number of nitrogens with one attached hydrogen (secondary N) is 3. The van der Waals surface area contributed by atoms with Gasteiger partial charge in [-0.3, -0.25) is 14.4 Å². The third-order valence-corrected chi connectivity index (χ3v) is 6.12. The lowest BCUT2D eigenvalue weighted by Gasteiger charge is -2.26. The summed E-state index contributed by atoms with van der Waals surface area (Å²) in [6.07, 6.45) is 7.95. The Morgan fingerprint density at radius 2 is 2.07 bits per heavy atom. The van der Waals surface area contributed by atoms with Crippen molar-refractivity contribution >= 4 is 40.3 Å². The minimum Gasteiger partial charge on any atom is -0.387 e. The maximum Gasteiger partial charge on any atom is 0.254 e. The van der Waals surface area contributed by atoms with Crippen molar-refractivity contribution in [2.75, 3.05) is 17.7 Å². The zero-order chi connectivity index (χ0) is 21.5. The molecule has 1 heterocycles. The summed E-state index contributed by atoms with van der Waals surface area (Å²) in [5.41, 5.74) is 0.609. The number of aldehydes is 1. The number of thiazole rings is 1. The smallest absolute Gasteiger partial charge is 0.254 e. The van der Waals surface area contributed by atoms with E-state index in [1.54, 1.807) is 7.05 Å². The number of carbonyl (C=O) groups excluding carboxylic acids is 3. The van der Waals surface area contributed by atoms with Gasteiger partial charge in [-0.15, -0.1) is 0 Å². The number of rotatable bonds is 8. The Kier molecular flexibility index (Phi) is 7.51. The fraction of sp³-hybridized carbons (Fsp3) is 0.429. The average molecular weight is 433 g/mol. The summed E-state index contributed by atoms with van der Waals surface area (Å²) in [7, 11) is 1.64. The second kappa shape index (κ2) is 10.3. The van der Waals surface area contributed by atoms with Crippen LogP contribution in [0.4, 0.5) is 15.2 Å². The van der Waals surface area contributed by atoms with Crippen LogP contribution >= 0.6 is 11.3 Å². The highest BCUT2D eigenvalue weighted by Gasteiger charge is 2.27. The molecule has 0 aliphatic heterocycles. The lowest BCUT2D eigenvalue weighted by atomic mass is 9.84. The molecule has 1 aliphatic carbocycles. The highest BCUT2D eigenvalue weighted by atomic mass is 32.1. The first kappa shape index (κ1) is 21.9. The first-order valence-electron chi connectivity index (χ1n) is 10.00. The van der Waals surface area contributed by atoms with Crippen LogP contribution in [0.25, 0.3) is 0 Å². The number of carbonyl (C=O) groups is 3. The minimum atomic E-state index is -0.794. The molecule has 160 valence electrons. The molecule has 1 atom stereocenters. The number of anilines is 2. The van der Waals surface area contributed by atoms with E-state index in [1.807, 2.05) is 0 Å². The number of benzene rings is 1. The van der Waals surface area contributed by atoms with Gasteiger partial charge in [0.25, 0.3) is 5.91 Å². The standard InChI is InChI=1S/C21H25FN4O3S/c1-23-17-8-7-14(22)10-16(17)19(28)25-18(9-13-5-3-2-4-6-13)20(29)26-21-24-11-15(12-27)30-21/h7-8,10-13,18,23H,2-6,9H2,1H3,(H,25,28)(H,24,26,29). The SMILES string of the molecule is CNc1ccc(F)cc1C(=O)NC(CC1CCCCC1)C(=O)Nc1ncc(C=O)s1. The predicted molar refractivity (Wildman–Crippen MR) is 115 cm³/mol. The van der Waals surface area contributed by atoms with E-state index in [4.69, 9.17) is 0 Å². The first-order valence-corrected chi connectivity index (χ1v) is 10.8. The van der Waals surface area contributed by atoms with Crippen molar-refractivity contribution in [3.63, 3.8) is 0 Å². The topological polar surface area (TPSA) is 100 Å². The molecule has 3 N–H and O–H groups in total. The molecule has 7 nitrogen and oxygen atoms in total. The van der Waals surface area contributed by atoms with E-state index >= 15 is 0 Å². The van der Waals surface area contributed by atoms with Crippen LogP contribution in [-0.2, 0) is 4.79 Å². The van der Waals surface area contributed by atoms with Gasteiger partial charge in [0, 0.05) is 12.7 Å². The summed E-state index contributed by atoms with van der Waals surface area (Å²) in [6.45, 7) is 0. The van der Waals surface area contributed by atoms with Gasteiger partial charge in [-0.05, 0) is 30.5 Å². The van der Waals surface area contributed by atoms with Crippen LogP contribution in [0.5, 0.6) is 0 Å². The van der Waals surface area contributed by atoms with Crippen molar-refractivity contribution in [3.05, 3.63) is 40.7 Å². The molecule has 1 aliphatic rings. The van der Waals surface area contributed by atoms with Crippen molar-refractivity contribution in [2.45, 2.75) is 44.6 Å². The number of nitrogens with zero attached hydrogens (tertiary/aromatic N) is 1. The summed E-state index contributed by atoms with van der Waals surface area (Å²) in [5.74, 6) is -1.13. The molecule has 30 heavy (non-hydrogen) atoms. The highest BCUT2D eigenvalue weighted by molar-refractivity contribution is 7.17. The van der Waals surface area contributed by atoms with Crippen molar-refractivity contribution in [1.29, 1.82) is 0 Å². The van der Waals surface area contributed by atoms with Crippen LogP contribution in [0, 0.1) is 11.7 Å². The fourth-order valence-electron chi connectivity index (χ4n) is 3.74. The van der Waals surface area contributed by atoms with E-state index in [2.05, 4.69) is 20.9 Å². The summed E-state index contributed by atoms with van der Waals surface area (Å²) < 4.78 is 13.7. The van der Waals surface area contributed by atoms with Crippen LogP contribution in [0.2, 0.25) is 0 Å². The summed E-state index contributed by atoms with van der Waals surface area (Å²) in [5, 5.41) is 8.63. The lowest BCUT2D eigenvalue weighted by Crippen LogP contribution is -2.45.